The first-order valence-corrected chi connectivity index (χ1v) is 12.4. The molecule has 3 aromatic rings. The first-order chi connectivity index (χ1) is 17.3. The van der Waals surface area contributed by atoms with Crippen molar-refractivity contribution >= 4 is 46.5 Å². The number of nitrogens with zero attached hydrogens (tertiary/aromatic N) is 2. The van der Waals surface area contributed by atoms with E-state index in [1.54, 1.807) is 53.4 Å². The van der Waals surface area contributed by atoms with Crippen LogP contribution in [0.4, 0.5) is 16.2 Å². The van der Waals surface area contributed by atoms with Gasteiger partial charge in [0.15, 0.2) is 0 Å². The number of hydrogen-bond acceptors (Lipinski definition) is 4. The van der Waals surface area contributed by atoms with Crippen molar-refractivity contribution in [3.8, 4) is 11.1 Å². The molecule has 1 aliphatic heterocycles. The highest BCUT2D eigenvalue weighted by Gasteiger charge is 2.24. The number of carbonyl (C=O) groups is 2. The second-order valence-corrected chi connectivity index (χ2v) is 9.42. The highest BCUT2D eigenvalue weighted by atomic mass is 35.5. The standard InChI is InChI=1S/C27H28Cl2N4O3/c1-18-24(11-10-23(26(30)34)25(18)19-2-4-20(28)5-3-19)33(13-12-32-14-16-36-17-15-32)27(35)31-22-8-6-21(29)7-9-22/h2-11H,12-17H2,1H3,(H2,30,34)(H,31,35). The van der Waals surface area contributed by atoms with E-state index in [4.69, 9.17) is 33.7 Å². The number of anilines is 2. The lowest BCUT2D eigenvalue weighted by Gasteiger charge is -2.31. The molecule has 0 spiro atoms. The molecule has 1 heterocycles. The Morgan fingerprint density at radius 3 is 2.19 bits per heavy atom. The minimum absolute atomic E-state index is 0.289. The van der Waals surface area contributed by atoms with Crippen LogP contribution in [-0.2, 0) is 4.74 Å². The maximum atomic E-state index is 13.6. The zero-order valence-corrected chi connectivity index (χ0v) is 21.5. The van der Waals surface area contributed by atoms with Gasteiger partial charge in [-0.25, -0.2) is 4.79 Å². The van der Waals surface area contributed by atoms with Crippen LogP contribution >= 0.6 is 23.2 Å². The molecule has 9 heteroatoms. The average molecular weight is 527 g/mol. The van der Waals surface area contributed by atoms with Crippen LogP contribution in [0.2, 0.25) is 10.0 Å². The second-order valence-electron chi connectivity index (χ2n) is 8.55. The fourth-order valence-corrected chi connectivity index (χ4v) is 4.56. The van der Waals surface area contributed by atoms with Gasteiger partial charge in [0.25, 0.3) is 0 Å². The Labute approximate surface area is 220 Å². The number of amides is 3. The molecular formula is C27H28Cl2N4O3. The van der Waals surface area contributed by atoms with Crippen molar-refractivity contribution in [2.24, 2.45) is 5.73 Å². The summed E-state index contributed by atoms with van der Waals surface area (Å²) >= 11 is 12.1. The largest absolute Gasteiger partial charge is 0.379 e. The number of halogens is 2. The summed E-state index contributed by atoms with van der Waals surface area (Å²) in [7, 11) is 0. The Morgan fingerprint density at radius 1 is 0.972 bits per heavy atom. The van der Waals surface area contributed by atoms with Crippen molar-refractivity contribution in [2.75, 3.05) is 49.6 Å². The number of morpholine rings is 1. The molecule has 1 saturated heterocycles. The summed E-state index contributed by atoms with van der Waals surface area (Å²) in [5.41, 5.74) is 9.64. The predicted octanol–water partition coefficient (Wildman–Crippen LogP) is 5.44. The van der Waals surface area contributed by atoms with Crippen molar-refractivity contribution in [1.29, 1.82) is 0 Å². The molecule has 36 heavy (non-hydrogen) atoms. The third kappa shape index (κ3) is 6.17. The van der Waals surface area contributed by atoms with Crippen LogP contribution in [0.5, 0.6) is 0 Å². The van der Waals surface area contributed by atoms with Gasteiger partial charge in [-0.3, -0.25) is 14.6 Å². The summed E-state index contributed by atoms with van der Waals surface area (Å²) in [5, 5.41) is 4.13. The van der Waals surface area contributed by atoms with Gasteiger partial charge in [-0.1, -0.05) is 35.3 Å². The number of primary amides is 1. The summed E-state index contributed by atoms with van der Waals surface area (Å²) in [6.45, 7) is 5.96. The van der Waals surface area contributed by atoms with Gasteiger partial charge in [-0.2, -0.15) is 0 Å². The first-order valence-electron chi connectivity index (χ1n) is 11.7. The summed E-state index contributed by atoms with van der Waals surface area (Å²) in [5.74, 6) is -0.542. The van der Waals surface area contributed by atoms with Crippen LogP contribution in [0.1, 0.15) is 15.9 Å². The molecule has 3 N–H and O–H groups in total. The highest BCUT2D eigenvalue weighted by Crippen LogP contribution is 2.35. The third-order valence-corrected chi connectivity index (χ3v) is 6.71. The summed E-state index contributed by atoms with van der Waals surface area (Å²) in [4.78, 5) is 29.8. The number of benzene rings is 3. The van der Waals surface area contributed by atoms with Crippen LogP contribution in [-0.4, -0.2) is 56.2 Å². The van der Waals surface area contributed by atoms with Crippen LogP contribution < -0.4 is 16.0 Å². The van der Waals surface area contributed by atoms with Gasteiger partial charge < -0.3 is 15.8 Å². The zero-order valence-electron chi connectivity index (χ0n) is 20.0. The minimum atomic E-state index is -0.542. The number of rotatable bonds is 7. The van der Waals surface area contributed by atoms with Crippen LogP contribution in [0, 0.1) is 6.92 Å². The molecule has 3 aromatic carbocycles. The van der Waals surface area contributed by atoms with Crippen LogP contribution in [0.15, 0.2) is 60.7 Å². The fourth-order valence-electron chi connectivity index (χ4n) is 4.31. The van der Waals surface area contributed by atoms with E-state index in [1.165, 1.54) is 0 Å². The van der Waals surface area contributed by atoms with E-state index in [9.17, 15) is 9.59 Å². The van der Waals surface area contributed by atoms with Crippen molar-refractivity contribution in [3.05, 3.63) is 81.8 Å². The number of hydrogen-bond donors (Lipinski definition) is 2. The number of urea groups is 1. The molecule has 3 amide bonds. The van der Waals surface area contributed by atoms with E-state index in [-0.39, 0.29) is 6.03 Å². The molecular weight excluding hydrogens is 499 g/mol. The van der Waals surface area contributed by atoms with Gasteiger partial charge in [-0.05, 0) is 72.1 Å². The monoisotopic (exact) mass is 526 g/mol. The Balaban J connectivity index is 1.72. The number of nitrogens with two attached hydrogens (primary N) is 1. The molecule has 0 saturated carbocycles. The third-order valence-electron chi connectivity index (χ3n) is 6.21. The molecule has 0 bridgehead atoms. The first kappa shape index (κ1) is 26.0. The van der Waals surface area contributed by atoms with Gasteiger partial charge in [0, 0.05) is 53.2 Å². The highest BCUT2D eigenvalue weighted by molar-refractivity contribution is 6.31. The molecule has 1 aliphatic rings. The molecule has 0 atom stereocenters. The van der Waals surface area contributed by atoms with E-state index in [1.807, 2.05) is 19.1 Å². The van der Waals surface area contributed by atoms with Gasteiger partial charge in [0.05, 0.1) is 13.2 Å². The maximum absolute atomic E-state index is 13.6. The predicted molar refractivity (Wildman–Crippen MR) is 145 cm³/mol. The molecule has 0 aliphatic carbocycles. The Kier molecular flexibility index (Phi) is 8.48. The molecule has 188 valence electrons. The molecule has 0 aromatic heterocycles. The lowest BCUT2D eigenvalue weighted by molar-refractivity contribution is 0.0393. The average Bonchev–Trinajstić information content (AvgIpc) is 2.87. The fraction of sp³-hybridized carbons (Fsp3) is 0.259. The molecule has 7 nitrogen and oxygen atoms in total. The van der Waals surface area contributed by atoms with Crippen molar-refractivity contribution < 1.29 is 14.3 Å². The summed E-state index contributed by atoms with van der Waals surface area (Å²) < 4.78 is 5.46. The zero-order chi connectivity index (χ0) is 25.7. The molecule has 0 radical (unpaired) electrons. The Morgan fingerprint density at radius 2 is 1.58 bits per heavy atom. The van der Waals surface area contributed by atoms with Crippen LogP contribution in [0.25, 0.3) is 11.1 Å². The smallest absolute Gasteiger partial charge is 0.326 e. The van der Waals surface area contributed by atoms with Gasteiger partial charge in [0.1, 0.15) is 0 Å². The Bertz CT molecular complexity index is 1230. The normalized spacial score (nSPS) is 13.9. The molecule has 1 fully saturated rings. The SMILES string of the molecule is Cc1c(N(CCN2CCOCC2)C(=O)Nc2ccc(Cl)cc2)ccc(C(N)=O)c1-c1ccc(Cl)cc1. The second kappa shape index (κ2) is 11.8. The summed E-state index contributed by atoms with van der Waals surface area (Å²) in [6.07, 6.45) is 0. The minimum Gasteiger partial charge on any atom is -0.379 e. The lowest BCUT2D eigenvalue weighted by Crippen LogP contribution is -2.44. The van der Waals surface area contributed by atoms with Crippen molar-refractivity contribution in [2.45, 2.75) is 6.92 Å². The van der Waals surface area contributed by atoms with E-state index in [2.05, 4.69) is 10.2 Å². The summed E-state index contributed by atoms with van der Waals surface area (Å²) in [6, 6.07) is 17.3. The quantitative estimate of drug-likeness (QED) is 0.429. The molecule has 4 rings (SSSR count). The van der Waals surface area contributed by atoms with E-state index in [0.29, 0.717) is 58.9 Å². The van der Waals surface area contributed by atoms with E-state index < -0.39 is 5.91 Å². The Hall–Kier alpha value is -3.10. The van der Waals surface area contributed by atoms with Crippen molar-refractivity contribution in [3.63, 3.8) is 0 Å². The number of nitrogens with one attached hydrogen (secondary N) is 1. The van der Waals surface area contributed by atoms with Gasteiger partial charge >= 0.3 is 6.03 Å². The van der Waals surface area contributed by atoms with E-state index in [0.717, 1.165) is 24.2 Å². The topological polar surface area (TPSA) is 87.9 Å². The van der Waals surface area contributed by atoms with Gasteiger partial charge in [-0.15, -0.1) is 0 Å². The number of carbonyl (C=O) groups excluding carboxylic acids is 2. The van der Waals surface area contributed by atoms with Crippen molar-refractivity contribution in [1.82, 2.24) is 4.90 Å². The lowest BCUT2D eigenvalue weighted by atomic mass is 9.93. The van der Waals surface area contributed by atoms with Gasteiger partial charge in [0.2, 0.25) is 5.91 Å². The molecule has 0 unspecified atom stereocenters. The number of ether oxygens (including phenoxy) is 1. The maximum Gasteiger partial charge on any atom is 0.326 e. The van der Waals surface area contributed by atoms with Crippen LogP contribution in [0.3, 0.4) is 0 Å². The van der Waals surface area contributed by atoms with E-state index >= 15 is 0 Å².